The Morgan fingerprint density at radius 3 is 2.48 bits per heavy atom. The number of piperazine rings is 1. The molecule has 3 rings (SSSR count). The summed E-state index contributed by atoms with van der Waals surface area (Å²) in [4.78, 5) is 17.1. The highest BCUT2D eigenvalue weighted by Crippen LogP contribution is 2.24. The van der Waals surface area contributed by atoms with Gasteiger partial charge in [0.2, 0.25) is 0 Å². The summed E-state index contributed by atoms with van der Waals surface area (Å²) in [7, 11) is 4.05. The second-order valence-electron chi connectivity index (χ2n) is 6.91. The summed E-state index contributed by atoms with van der Waals surface area (Å²) in [6.45, 7) is 5.45. The first-order valence-electron chi connectivity index (χ1n) is 8.75. The molecule has 0 saturated carbocycles. The first-order chi connectivity index (χ1) is 12.0. The van der Waals surface area contributed by atoms with Gasteiger partial charge in [0.25, 0.3) is 5.91 Å². The first kappa shape index (κ1) is 18.0. The van der Waals surface area contributed by atoms with Gasteiger partial charge in [-0.2, -0.15) is 0 Å². The number of benzene rings is 1. The van der Waals surface area contributed by atoms with E-state index in [0.717, 1.165) is 43.3 Å². The summed E-state index contributed by atoms with van der Waals surface area (Å²) in [5.74, 6) is 1.75. The van der Waals surface area contributed by atoms with Crippen molar-refractivity contribution in [2.75, 3.05) is 46.8 Å². The summed E-state index contributed by atoms with van der Waals surface area (Å²) in [5, 5.41) is 0.703. The third kappa shape index (κ3) is 4.84. The van der Waals surface area contributed by atoms with Gasteiger partial charge in [0, 0.05) is 17.6 Å². The zero-order chi connectivity index (χ0) is 17.8. The second kappa shape index (κ2) is 8.04. The van der Waals surface area contributed by atoms with Crippen molar-refractivity contribution >= 4 is 17.5 Å². The minimum absolute atomic E-state index is 0.166. The minimum atomic E-state index is 0.166. The summed E-state index contributed by atoms with van der Waals surface area (Å²) < 4.78 is 5.89. The van der Waals surface area contributed by atoms with Gasteiger partial charge in [0.05, 0.1) is 13.6 Å². The Bertz CT molecular complexity index is 706. The zero-order valence-electron chi connectivity index (χ0n) is 14.8. The second-order valence-corrected chi connectivity index (χ2v) is 7.34. The molecule has 1 amide bonds. The van der Waals surface area contributed by atoms with Crippen LogP contribution in [0.3, 0.4) is 0 Å². The highest BCUT2D eigenvalue weighted by molar-refractivity contribution is 6.30. The fourth-order valence-corrected chi connectivity index (χ4v) is 3.24. The molecule has 1 fully saturated rings. The van der Waals surface area contributed by atoms with E-state index in [-0.39, 0.29) is 5.91 Å². The van der Waals surface area contributed by atoms with Gasteiger partial charge in [-0.25, -0.2) is 0 Å². The largest absolute Gasteiger partial charge is 0.459 e. The van der Waals surface area contributed by atoms with E-state index >= 15 is 0 Å². The van der Waals surface area contributed by atoms with Gasteiger partial charge in [-0.3, -0.25) is 4.79 Å². The molecule has 2 aromatic rings. The predicted molar refractivity (Wildman–Crippen MR) is 97.8 cm³/mol. The third-order valence-corrected chi connectivity index (χ3v) is 5.07. The normalized spacial score (nSPS) is 20.4. The van der Waals surface area contributed by atoms with Gasteiger partial charge < -0.3 is 19.1 Å². The molecule has 0 atom stereocenters. The molecule has 1 aliphatic heterocycles. The molecule has 2 heterocycles. The Balaban J connectivity index is 1.55. The number of hydrogen-bond acceptors (Lipinski definition) is 2. The molecule has 1 aliphatic rings. The maximum absolute atomic E-state index is 12.5. The van der Waals surface area contributed by atoms with E-state index in [2.05, 4.69) is 7.05 Å². The smallest absolute Gasteiger partial charge is 0.277 e. The van der Waals surface area contributed by atoms with Crippen molar-refractivity contribution in [1.82, 2.24) is 4.90 Å². The molecule has 0 aliphatic carbocycles. The summed E-state index contributed by atoms with van der Waals surface area (Å²) >= 11 is 5.92. The molecule has 0 unspecified atom stereocenters. The summed E-state index contributed by atoms with van der Waals surface area (Å²) in [6, 6.07) is 11.4. The van der Waals surface area contributed by atoms with Gasteiger partial charge in [-0.1, -0.05) is 11.6 Å². The van der Waals surface area contributed by atoms with Crippen LogP contribution in [0.1, 0.15) is 5.76 Å². The van der Waals surface area contributed by atoms with Crippen LogP contribution in [0.15, 0.2) is 40.8 Å². The highest BCUT2D eigenvalue weighted by atomic mass is 35.5. The number of quaternary nitrogens is 2. The maximum atomic E-state index is 12.5. The number of nitrogens with zero attached hydrogens (tertiary/aromatic N) is 1. The van der Waals surface area contributed by atoms with Gasteiger partial charge in [-0.05, 0) is 36.4 Å². The van der Waals surface area contributed by atoms with Crippen LogP contribution in [0.2, 0.25) is 5.02 Å². The molecule has 5 nitrogen and oxygen atoms in total. The average molecular weight is 364 g/mol. The van der Waals surface area contributed by atoms with E-state index in [1.807, 2.05) is 43.4 Å². The number of halogens is 1. The average Bonchev–Trinajstić information content (AvgIpc) is 3.06. The Labute approximate surface area is 153 Å². The molecule has 25 heavy (non-hydrogen) atoms. The van der Waals surface area contributed by atoms with Crippen molar-refractivity contribution < 1.29 is 19.0 Å². The van der Waals surface area contributed by atoms with Crippen molar-refractivity contribution in [3.8, 4) is 11.3 Å². The Morgan fingerprint density at radius 1 is 1.12 bits per heavy atom. The maximum Gasteiger partial charge on any atom is 0.277 e. The SMILES string of the molecule is CN(Cc1ccc(-c2ccc(Cl)cc2)o1)C(=O)C[NH+]1CC[NH+](C)CC1. The van der Waals surface area contributed by atoms with Gasteiger partial charge in [0.1, 0.15) is 37.7 Å². The molecular weight excluding hydrogens is 338 g/mol. The Morgan fingerprint density at radius 2 is 1.80 bits per heavy atom. The molecule has 0 spiro atoms. The van der Waals surface area contributed by atoms with E-state index in [4.69, 9.17) is 16.0 Å². The van der Waals surface area contributed by atoms with Crippen LogP contribution in [0.5, 0.6) is 0 Å². The number of furan rings is 1. The van der Waals surface area contributed by atoms with Crippen molar-refractivity contribution in [3.63, 3.8) is 0 Å². The van der Waals surface area contributed by atoms with Crippen LogP contribution in [0, 0.1) is 0 Å². The quantitative estimate of drug-likeness (QED) is 0.783. The number of amides is 1. The van der Waals surface area contributed by atoms with Crippen molar-refractivity contribution in [1.29, 1.82) is 0 Å². The van der Waals surface area contributed by atoms with Crippen LogP contribution in [0.4, 0.5) is 0 Å². The number of carbonyl (C=O) groups is 1. The third-order valence-electron chi connectivity index (χ3n) is 4.82. The monoisotopic (exact) mass is 363 g/mol. The number of likely N-dealkylation sites (N-methyl/N-ethyl adjacent to an activating group) is 2. The van der Waals surface area contributed by atoms with Crippen LogP contribution < -0.4 is 9.80 Å². The summed E-state index contributed by atoms with van der Waals surface area (Å²) in [6.07, 6.45) is 0. The van der Waals surface area contributed by atoms with Crippen LogP contribution in [-0.2, 0) is 11.3 Å². The van der Waals surface area contributed by atoms with Crippen molar-refractivity contribution in [2.24, 2.45) is 0 Å². The molecule has 1 aromatic heterocycles. The first-order valence-corrected chi connectivity index (χ1v) is 9.12. The Kier molecular flexibility index (Phi) is 5.78. The number of carbonyl (C=O) groups excluding carboxylic acids is 1. The standard InChI is InChI=1S/C19H24ClN3O2/c1-21-9-11-23(12-10-21)14-19(24)22(2)13-17-7-8-18(25-17)15-3-5-16(20)6-4-15/h3-8H,9-14H2,1-2H3/p+2. The minimum Gasteiger partial charge on any atom is -0.459 e. The van der Waals surface area contributed by atoms with E-state index < -0.39 is 0 Å². The lowest BCUT2D eigenvalue weighted by molar-refractivity contribution is -1.000. The van der Waals surface area contributed by atoms with Crippen molar-refractivity contribution in [2.45, 2.75) is 6.54 Å². The van der Waals surface area contributed by atoms with Gasteiger partial charge in [-0.15, -0.1) is 0 Å². The number of hydrogen-bond donors (Lipinski definition) is 2. The molecule has 134 valence electrons. The van der Waals surface area contributed by atoms with E-state index in [1.165, 1.54) is 4.90 Å². The van der Waals surface area contributed by atoms with Crippen LogP contribution >= 0.6 is 11.6 Å². The molecule has 2 N–H and O–H groups in total. The van der Waals surface area contributed by atoms with Gasteiger partial charge >= 0.3 is 0 Å². The fourth-order valence-electron chi connectivity index (χ4n) is 3.11. The van der Waals surface area contributed by atoms with E-state index in [0.29, 0.717) is 18.1 Å². The molecule has 1 aromatic carbocycles. The van der Waals surface area contributed by atoms with Gasteiger partial charge in [0.15, 0.2) is 6.54 Å². The molecule has 1 saturated heterocycles. The molecule has 0 radical (unpaired) electrons. The van der Waals surface area contributed by atoms with Crippen molar-refractivity contribution in [3.05, 3.63) is 47.2 Å². The topological polar surface area (TPSA) is 42.3 Å². The predicted octanol–water partition coefficient (Wildman–Crippen LogP) is -0.0284. The van der Waals surface area contributed by atoms with Crippen LogP contribution in [-0.4, -0.2) is 57.6 Å². The number of rotatable bonds is 5. The lowest BCUT2D eigenvalue weighted by Gasteiger charge is -2.28. The summed E-state index contributed by atoms with van der Waals surface area (Å²) in [5.41, 5.74) is 0.981. The Hall–Kier alpha value is -1.82. The molecular formula is C19H26ClN3O2+2. The number of nitrogens with one attached hydrogen (secondary N) is 2. The highest BCUT2D eigenvalue weighted by Gasteiger charge is 2.24. The fraction of sp³-hybridized carbons (Fsp3) is 0.421. The van der Waals surface area contributed by atoms with E-state index in [9.17, 15) is 4.79 Å². The lowest BCUT2D eigenvalue weighted by atomic mass is 10.2. The molecule has 0 bridgehead atoms. The molecule has 6 heteroatoms. The lowest BCUT2D eigenvalue weighted by Crippen LogP contribution is -3.27. The zero-order valence-corrected chi connectivity index (χ0v) is 15.6. The van der Waals surface area contributed by atoms with E-state index in [1.54, 1.807) is 9.80 Å². The van der Waals surface area contributed by atoms with Crippen LogP contribution in [0.25, 0.3) is 11.3 Å².